The lowest BCUT2D eigenvalue weighted by molar-refractivity contribution is 0.0537. The van der Waals surface area contributed by atoms with Crippen molar-refractivity contribution in [1.82, 2.24) is 10.2 Å². The molecule has 0 radical (unpaired) electrons. The molecule has 0 bridgehead atoms. The van der Waals surface area contributed by atoms with Crippen LogP contribution in [0.2, 0.25) is 0 Å². The Balaban J connectivity index is 3.10. The lowest BCUT2D eigenvalue weighted by Crippen LogP contribution is -2.23. The van der Waals surface area contributed by atoms with Crippen molar-refractivity contribution in [1.29, 1.82) is 0 Å². The Morgan fingerprint density at radius 3 is 2.62 bits per heavy atom. The van der Waals surface area contributed by atoms with E-state index in [0.29, 0.717) is 0 Å². The van der Waals surface area contributed by atoms with Gasteiger partial charge in [0.15, 0.2) is 0 Å². The smallest absolute Gasteiger partial charge is 0.274 e. The third kappa shape index (κ3) is 2.78. The number of benzene rings is 1. The molecule has 1 aromatic carbocycles. The van der Waals surface area contributed by atoms with E-state index in [9.17, 15) is 13.2 Å². The molecule has 0 spiro atoms. The van der Waals surface area contributed by atoms with Crippen LogP contribution in [0.4, 0.5) is 0 Å². The largest absolute Gasteiger partial charge is 0.277 e. The van der Waals surface area contributed by atoms with Gasteiger partial charge in [-0.1, -0.05) is 6.07 Å². The van der Waals surface area contributed by atoms with Crippen molar-refractivity contribution in [2.45, 2.75) is 4.90 Å². The Kier molecular flexibility index (Phi) is 3.99. The first-order valence-corrected chi connectivity index (χ1v) is 5.86. The van der Waals surface area contributed by atoms with E-state index in [1.165, 1.54) is 38.4 Å². The number of amides is 1. The van der Waals surface area contributed by atoms with Crippen molar-refractivity contribution in [3.05, 3.63) is 29.8 Å². The van der Waals surface area contributed by atoms with E-state index in [-0.39, 0.29) is 10.5 Å². The first kappa shape index (κ1) is 12.6. The van der Waals surface area contributed by atoms with E-state index in [4.69, 9.17) is 0 Å². The average molecular weight is 244 g/mol. The number of carbonyl (C=O) groups is 1. The highest BCUT2D eigenvalue weighted by Gasteiger charge is 2.13. The molecular weight excluding hydrogens is 232 g/mol. The van der Waals surface area contributed by atoms with Gasteiger partial charge in [-0.3, -0.25) is 9.63 Å². The van der Waals surface area contributed by atoms with Gasteiger partial charge in [0.2, 0.25) is 10.0 Å². The van der Waals surface area contributed by atoms with Gasteiger partial charge >= 0.3 is 0 Å². The second-order valence-electron chi connectivity index (χ2n) is 2.87. The summed E-state index contributed by atoms with van der Waals surface area (Å²) in [6, 6.07) is 5.63. The summed E-state index contributed by atoms with van der Waals surface area (Å²) in [4.78, 5) is 15.8. The molecule has 1 aromatic rings. The Morgan fingerprint density at radius 2 is 2.06 bits per heavy atom. The number of rotatable bonds is 4. The van der Waals surface area contributed by atoms with Crippen molar-refractivity contribution in [3.8, 4) is 0 Å². The van der Waals surface area contributed by atoms with E-state index in [1.807, 2.05) is 0 Å². The molecule has 2 N–H and O–H groups in total. The van der Waals surface area contributed by atoms with Crippen LogP contribution >= 0.6 is 0 Å². The molecule has 0 saturated carbocycles. The van der Waals surface area contributed by atoms with Gasteiger partial charge in [-0.05, 0) is 25.2 Å². The number of sulfonamides is 1. The molecule has 7 heteroatoms. The molecule has 0 aliphatic heterocycles. The predicted octanol–water partition coefficient (Wildman–Crippen LogP) is -0.114. The predicted molar refractivity (Wildman–Crippen MR) is 57.2 cm³/mol. The van der Waals surface area contributed by atoms with E-state index in [2.05, 4.69) is 15.0 Å². The first-order valence-electron chi connectivity index (χ1n) is 4.38. The topological polar surface area (TPSA) is 84.5 Å². The molecule has 88 valence electrons. The lowest BCUT2D eigenvalue weighted by atomic mass is 10.2. The molecule has 0 unspecified atom stereocenters. The number of hydrogen-bond acceptors (Lipinski definition) is 4. The van der Waals surface area contributed by atoms with Crippen LogP contribution in [0.5, 0.6) is 0 Å². The normalized spacial score (nSPS) is 11.1. The van der Waals surface area contributed by atoms with Gasteiger partial charge in [-0.2, -0.15) is 0 Å². The van der Waals surface area contributed by atoms with Gasteiger partial charge in [0.05, 0.1) is 12.0 Å². The van der Waals surface area contributed by atoms with E-state index in [0.717, 1.165) is 0 Å². The summed E-state index contributed by atoms with van der Waals surface area (Å²) in [7, 11) is -0.939. The quantitative estimate of drug-likeness (QED) is 0.723. The van der Waals surface area contributed by atoms with Crippen LogP contribution in [0.1, 0.15) is 10.4 Å². The molecule has 0 fully saturated rings. The van der Waals surface area contributed by atoms with Crippen LogP contribution < -0.4 is 10.2 Å². The van der Waals surface area contributed by atoms with Gasteiger partial charge in [0, 0.05) is 5.56 Å². The molecule has 0 aliphatic carbocycles. The highest BCUT2D eigenvalue weighted by molar-refractivity contribution is 7.89. The summed E-state index contributed by atoms with van der Waals surface area (Å²) in [5.74, 6) is -0.504. The third-order valence-electron chi connectivity index (χ3n) is 1.87. The van der Waals surface area contributed by atoms with Crippen LogP contribution in [0.25, 0.3) is 0 Å². The summed E-state index contributed by atoms with van der Waals surface area (Å²) in [5, 5.41) is 0. The van der Waals surface area contributed by atoms with Gasteiger partial charge in [0.1, 0.15) is 0 Å². The van der Waals surface area contributed by atoms with Gasteiger partial charge in [0.25, 0.3) is 5.91 Å². The number of nitrogens with one attached hydrogen (secondary N) is 2. The zero-order valence-electron chi connectivity index (χ0n) is 8.85. The van der Waals surface area contributed by atoms with E-state index in [1.54, 1.807) is 0 Å². The van der Waals surface area contributed by atoms with Gasteiger partial charge < -0.3 is 0 Å². The summed E-state index contributed by atoms with van der Waals surface area (Å²) < 4.78 is 25.1. The van der Waals surface area contributed by atoms with Crippen molar-refractivity contribution >= 4 is 15.9 Å². The SMILES string of the molecule is CNS(=O)(=O)c1cccc(C(=O)NOC)c1. The molecule has 0 saturated heterocycles. The molecule has 1 amide bonds. The van der Waals surface area contributed by atoms with Crippen molar-refractivity contribution in [2.75, 3.05) is 14.2 Å². The molecule has 6 nitrogen and oxygen atoms in total. The fraction of sp³-hybridized carbons (Fsp3) is 0.222. The zero-order valence-corrected chi connectivity index (χ0v) is 9.67. The number of hydroxylamine groups is 1. The van der Waals surface area contributed by atoms with Crippen molar-refractivity contribution < 1.29 is 18.0 Å². The van der Waals surface area contributed by atoms with Crippen LogP contribution in [0, 0.1) is 0 Å². The summed E-state index contributed by atoms with van der Waals surface area (Å²) >= 11 is 0. The summed E-state index contributed by atoms with van der Waals surface area (Å²) in [6.45, 7) is 0. The lowest BCUT2D eigenvalue weighted by Gasteiger charge is -2.05. The monoisotopic (exact) mass is 244 g/mol. The van der Waals surface area contributed by atoms with Crippen molar-refractivity contribution in [3.63, 3.8) is 0 Å². The van der Waals surface area contributed by atoms with Crippen molar-refractivity contribution in [2.24, 2.45) is 0 Å². The minimum Gasteiger partial charge on any atom is -0.277 e. The summed E-state index contributed by atoms with van der Waals surface area (Å²) in [5.41, 5.74) is 2.31. The Bertz CT molecular complexity index is 484. The molecule has 0 aromatic heterocycles. The molecular formula is C9H12N2O4S. The van der Waals surface area contributed by atoms with Crippen LogP contribution in [-0.4, -0.2) is 28.5 Å². The number of hydrogen-bond donors (Lipinski definition) is 2. The second-order valence-corrected chi connectivity index (χ2v) is 4.76. The van der Waals surface area contributed by atoms with Gasteiger partial charge in [-0.25, -0.2) is 18.6 Å². The maximum atomic E-state index is 11.5. The average Bonchev–Trinajstić information content (AvgIpc) is 2.29. The fourth-order valence-electron chi connectivity index (χ4n) is 1.07. The van der Waals surface area contributed by atoms with Crippen LogP contribution in [0.15, 0.2) is 29.2 Å². The van der Waals surface area contributed by atoms with E-state index >= 15 is 0 Å². The molecule has 1 rings (SSSR count). The fourth-order valence-corrected chi connectivity index (χ4v) is 1.85. The van der Waals surface area contributed by atoms with Gasteiger partial charge in [-0.15, -0.1) is 0 Å². The number of carbonyl (C=O) groups excluding carboxylic acids is 1. The molecule has 0 heterocycles. The zero-order chi connectivity index (χ0) is 12.2. The molecule has 0 atom stereocenters. The maximum absolute atomic E-state index is 11.5. The Morgan fingerprint density at radius 1 is 1.38 bits per heavy atom. The highest BCUT2D eigenvalue weighted by atomic mass is 32.2. The highest BCUT2D eigenvalue weighted by Crippen LogP contribution is 2.10. The summed E-state index contributed by atoms with van der Waals surface area (Å²) in [6.07, 6.45) is 0. The first-order chi connectivity index (χ1) is 7.51. The third-order valence-corrected chi connectivity index (χ3v) is 3.28. The van der Waals surface area contributed by atoms with Crippen LogP contribution in [0.3, 0.4) is 0 Å². The Labute approximate surface area is 93.6 Å². The van der Waals surface area contributed by atoms with E-state index < -0.39 is 15.9 Å². The Hall–Kier alpha value is -1.44. The minimum atomic E-state index is -3.54. The standard InChI is InChI=1S/C9H12N2O4S/c1-10-16(13,14)8-5-3-4-7(6-8)9(12)11-15-2/h3-6,10H,1-2H3,(H,11,12). The molecule has 16 heavy (non-hydrogen) atoms. The molecule has 0 aliphatic rings. The van der Waals surface area contributed by atoms with Crippen LogP contribution in [-0.2, 0) is 14.9 Å². The minimum absolute atomic E-state index is 0.0266. The second kappa shape index (κ2) is 5.06. The maximum Gasteiger partial charge on any atom is 0.274 e.